The number of carbonyl (C=O) groups is 2. The second-order valence-corrected chi connectivity index (χ2v) is 7.26. The van der Waals surface area contributed by atoms with Gasteiger partial charge in [-0.15, -0.1) is 0 Å². The van der Waals surface area contributed by atoms with Gasteiger partial charge in [-0.1, -0.05) is 30.3 Å². The molecule has 1 fully saturated rings. The molecule has 1 aliphatic heterocycles. The van der Waals surface area contributed by atoms with Crippen LogP contribution in [0.2, 0.25) is 0 Å². The fourth-order valence-corrected chi connectivity index (χ4v) is 3.54. The second-order valence-electron chi connectivity index (χ2n) is 7.26. The highest BCUT2D eigenvalue weighted by Crippen LogP contribution is 2.32. The van der Waals surface area contributed by atoms with Crippen molar-refractivity contribution in [3.8, 4) is 11.8 Å². The molecule has 29 heavy (non-hydrogen) atoms. The Bertz CT molecular complexity index is 1020. The molecule has 0 aromatic heterocycles. The molecule has 0 saturated carbocycles. The van der Waals surface area contributed by atoms with E-state index < -0.39 is 5.54 Å². The average molecular weight is 389 g/mol. The summed E-state index contributed by atoms with van der Waals surface area (Å²) in [4.78, 5) is 29.3. The number of piperazine rings is 1. The molecule has 2 aromatic rings. The number of nitriles is 1. The average Bonchev–Trinajstić information content (AvgIpc) is 2.75. The summed E-state index contributed by atoms with van der Waals surface area (Å²) in [5.74, 6) is 0.101. The number of likely N-dealkylation sites (N-methyl/N-ethyl adjacent to an activating group) is 2. The SMILES string of the molecule is COc1ccc(C#N)c(/C=C2/C(=O)N(C)C(C)(Cc3ccccc3)C(=O)N2C)c1. The zero-order valence-electron chi connectivity index (χ0n) is 17.0. The number of carbonyl (C=O) groups excluding carboxylic acids is 2. The predicted molar refractivity (Wildman–Crippen MR) is 110 cm³/mol. The number of nitrogens with zero attached hydrogens (tertiary/aromatic N) is 3. The molecule has 0 radical (unpaired) electrons. The van der Waals surface area contributed by atoms with E-state index in [0.717, 1.165) is 5.56 Å². The van der Waals surface area contributed by atoms with E-state index in [1.54, 1.807) is 45.3 Å². The van der Waals surface area contributed by atoms with E-state index in [0.29, 0.717) is 23.3 Å². The third kappa shape index (κ3) is 3.59. The number of benzene rings is 2. The van der Waals surface area contributed by atoms with Gasteiger partial charge in [-0.05, 0) is 42.3 Å². The summed E-state index contributed by atoms with van der Waals surface area (Å²) < 4.78 is 5.22. The Morgan fingerprint density at radius 2 is 1.83 bits per heavy atom. The lowest BCUT2D eigenvalue weighted by atomic mass is 9.87. The van der Waals surface area contributed by atoms with E-state index >= 15 is 0 Å². The maximum Gasteiger partial charge on any atom is 0.271 e. The van der Waals surface area contributed by atoms with Crippen molar-refractivity contribution in [1.82, 2.24) is 9.80 Å². The van der Waals surface area contributed by atoms with Gasteiger partial charge in [0, 0.05) is 20.5 Å². The summed E-state index contributed by atoms with van der Waals surface area (Å²) in [5.41, 5.74) is 1.11. The van der Waals surface area contributed by atoms with Crippen LogP contribution in [0.3, 0.4) is 0 Å². The summed E-state index contributed by atoms with van der Waals surface area (Å²) in [5, 5.41) is 9.40. The molecule has 2 amide bonds. The molecule has 1 heterocycles. The maximum atomic E-state index is 13.3. The second kappa shape index (κ2) is 7.80. The fraction of sp³-hybridized carbons (Fsp3) is 0.261. The van der Waals surface area contributed by atoms with Crippen LogP contribution in [-0.2, 0) is 16.0 Å². The molecule has 3 rings (SSSR count). The molecule has 6 heteroatoms. The van der Waals surface area contributed by atoms with Gasteiger partial charge in [0.2, 0.25) is 0 Å². The van der Waals surface area contributed by atoms with Gasteiger partial charge in [-0.3, -0.25) is 9.59 Å². The van der Waals surface area contributed by atoms with E-state index in [2.05, 4.69) is 6.07 Å². The Hall–Kier alpha value is -3.59. The highest BCUT2D eigenvalue weighted by molar-refractivity contribution is 6.08. The van der Waals surface area contributed by atoms with E-state index in [9.17, 15) is 14.9 Å². The monoisotopic (exact) mass is 389 g/mol. The lowest BCUT2D eigenvalue weighted by Crippen LogP contribution is -2.64. The predicted octanol–water partition coefficient (Wildman–Crippen LogP) is 2.84. The van der Waals surface area contributed by atoms with Crippen molar-refractivity contribution in [2.75, 3.05) is 21.2 Å². The molecule has 6 nitrogen and oxygen atoms in total. The summed E-state index contributed by atoms with van der Waals surface area (Å²) >= 11 is 0. The number of hydrogen-bond donors (Lipinski definition) is 0. The molecule has 1 saturated heterocycles. The summed E-state index contributed by atoms with van der Waals surface area (Å²) in [6, 6.07) is 16.7. The lowest BCUT2D eigenvalue weighted by molar-refractivity contribution is -0.155. The summed E-state index contributed by atoms with van der Waals surface area (Å²) in [7, 11) is 4.76. The van der Waals surface area contributed by atoms with Crippen LogP contribution in [-0.4, -0.2) is 48.4 Å². The Balaban J connectivity index is 2.02. The van der Waals surface area contributed by atoms with Gasteiger partial charge in [0.1, 0.15) is 17.0 Å². The van der Waals surface area contributed by atoms with E-state index in [1.165, 1.54) is 16.9 Å². The van der Waals surface area contributed by atoms with Crippen molar-refractivity contribution in [3.63, 3.8) is 0 Å². The third-order valence-electron chi connectivity index (χ3n) is 5.45. The van der Waals surface area contributed by atoms with Gasteiger partial charge in [0.25, 0.3) is 11.8 Å². The zero-order valence-corrected chi connectivity index (χ0v) is 17.0. The van der Waals surface area contributed by atoms with Gasteiger partial charge < -0.3 is 14.5 Å². The highest BCUT2D eigenvalue weighted by atomic mass is 16.5. The van der Waals surface area contributed by atoms with Crippen molar-refractivity contribution in [2.45, 2.75) is 18.9 Å². The van der Waals surface area contributed by atoms with Crippen LogP contribution in [0.1, 0.15) is 23.6 Å². The Labute approximate surface area is 170 Å². The molecule has 1 aliphatic rings. The van der Waals surface area contributed by atoms with Crippen molar-refractivity contribution >= 4 is 17.9 Å². The molecule has 0 spiro atoms. The van der Waals surface area contributed by atoms with Crippen molar-refractivity contribution in [1.29, 1.82) is 5.26 Å². The molecular formula is C23H23N3O3. The van der Waals surface area contributed by atoms with Crippen LogP contribution >= 0.6 is 0 Å². The molecule has 2 aromatic carbocycles. The van der Waals surface area contributed by atoms with Gasteiger partial charge >= 0.3 is 0 Å². The lowest BCUT2D eigenvalue weighted by Gasteiger charge is -2.45. The standard InChI is InChI=1S/C23H23N3O3/c1-23(14-16-8-6-5-7-9-16)22(28)25(2)20(21(27)26(23)3)13-18-12-19(29-4)11-10-17(18)15-24/h5-13H,14H2,1-4H3/b20-13-. The smallest absolute Gasteiger partial charge is 0.271 e. The number of amides is 2. The molecule has 1 atom stereocenters. The normalized spacial score (nSPS) is 20.7. The molecule has 148 valence electrons. The van der Waals surface area contributed by atoms with Crippen LogP contribution in [0.4, 0.5) is 0 Å². The van der Waals surface area contributed by atoms with Gasteiger partial charge in [-0.2, -0.15) is 5.26 Å². The molecule has 1 unspecified atom stereocenters. The Morgan fingerprint density at radius 3 is 2.45 bits per heavy atom. The van der Waals surface area contributed by atoms with E-state index in [1.807, 2.05) is 30.3 Å². The molecule has 0 aliphatic carbocycles. The number of rotatable bonds is 4. The fourth-order valence-electron chi connectivity index (χ4n) is 3.54. The largest absolute Gasteiger partial charge is 0.497 e. The molecule has 0 N–H and O–H groups in total. The quantitative estimate of drug-likeness (QED) is 0.754. The molecular weight excluding hydrogens is 366 g/mol. The van der Waals surface area contributed by atoms with Crippen LogP contribution in [0.5, 0.6) is 5.75 Å². The van der Waals surface area contributed by atoms with Crippen LogP contribution < -0.4 is 4.74 Å². The van der Waals surface area contributed by atoms with Crippen LogP contribution in [0, 0.1) is 11.3 Å². The minimum atomic E-state index is -1.00. The van der Waals surface area contributed by atoms with E-state index in [-0.39, 0.29) is 17.5 Å². The first-order valence-corrected chi connectivity index (χ1v) is 9.22. The maximum absolute atomic E-state index is 13.3. The van der Waals surface area contributed by atoms with Gasteiger partial charge in [0.15, 0.2) is 0 Å². The highest BCUT2D eigenvalue weighted by Gasteiger charge is 2.48. The first-order chi connectivity index (χ1) is 13.8. The van der Waals surface area contributed by atoms with Crippen molar-refractivity contribution in [2.24, 2.45) is 0 Å². The summed E-state index contributed by atoms with van der Waals surface area (Å²) in [6.07, 6.45) is 1.98. The number of ether oxygens (including phenoxy) is 1. The Kier molecular flexibility index (Phi) is 5.42. The van der Waals surface area contributed by atoms with Gasteiger partial charge in [-0.25, -0.2) is 0 Å². The van der Waals surface area contributed by atoms with Gasteiger partial charge in [0.05, 0.1) is 18.7 Å². The number of hydrogen-bond acceptors (Lipinski definition) is 4. The minimum Gasteiger partial charge on any atom is -0.497 e. The van der Waals surface area contributed by atoms with Crippen molar-refractivity contribution in [3.05, 3.63) is 70.9 Å². The van der Waals surface area contributed by atoms with Crippen molar-refractivity contribution < 1.29 is 14.3 Å². The Morgan fingerprint density at radius 1 is 1.14 bits per heavy atom. The first kappa shape index (κ1) is 20.2. The topological polar surface area (TPSA) is 73.6 Å². The van der Waals surface area contributed by atoms with Crippen LogP contribution in [0.15, 0.2) is 54.2 Å². The molecule has 0 bridgehead atoms. The van der Waals surface area contributed by atoms with E-state index in [4.69, 9.17) is 4.74 Å². The summed E-state index contributed by atoms with van der Waals surface area (Å²) in [6.45, 7) is 1.78. The zero-order chi connectivity index (χ0) is 21.2. The van der Waals surface area contributed by atoms with Crippen LogP contribution in [0.25, 0.3) is 6.08 Å². The third-order valence-corrected chi connectivity index (χ3v) is 5.45. The minimum absolute atomic E-state index is 0.184. The number of methoxy groups -OCH3 is 1. The first-order valence-electron chi connectivity index (χ1n) is 9.22.